The second-order valence-electron chi connectivity index (χ2n) is 18.9. The maximum absolute atomic E-state index is 13.6. The van der Waals surface area contributed by atoms with Gasteiger partial charge in [-0.1, -0.05) is 36.5 Å². The van der Waals surface area contributed by atoms with E-state index in [0.717, 1.165) is 75.7 Å². The summed E-state index contributed by atoms with van der Waals surface area (Å²) in [6.07, 6.45) is 5.95. The fourth-order valence-electron chi connectivity index (χ4n) is 10.2. The molecule has 3 aromatic carbocycles. The molecule has 3 aliphatic rings. The second-order valence-corrected chi connectivity index (χ2v) is 20.0. The number of para-hydroxylation sites is 1. The number of carbonyl (C=O) groups excluding carboxylic acids is 4. The number of benzene rings is 3. The summed E-state index contributed by atoms with van der Waals surface area (Å²) >= 11 is 1.40. The first-order chi connectivity index (χ1) is 34.3. The standard InChI is InChI=1S/C53H54N10O7S/c1-30(24-32-17-21-62(22-18-32)28-46(65)55-34-8-10-38-42(26-34)61(3)60-47(38)39-13-15-45(64)58-50(39)66)29-70-35-9-11-36(31(2)25-35)37-12-14-44(57-49(37)52(68)69)63-23-19-33-16-20-54-48(40(33)27-63)51(67)59-53-56-41-6-4-5-7-43(41)71-53/h4-12,14,16,20,25-26,30,32,39H,13,15,17-19,21-24,27-29H2,1-3H3,(H,55,65)(H,68,69)(H,56,59,67)(H,58,64,66)/t30-,39?/m1/s1. The Morgan fingerprint density at radius 1 is 0.915 bits per heavy atom. The highest BCUT2D eigenvalue weighted by atomic mass is 32.1. The third kappa shape index (κ3) is 10.2. The number of carboxylic acids is 1. The maximum atomic E-state index is 13.6. The average Bonchev–Trinajstić information content (AvgIpc) is 3.92. The first-order valence-electron chi connectivity index (χ1n) is 24.0. The summed E-state index contributed by atoms with van der Waals surface area (Å²) < 4.78 is 8.97. The number of ether oxygens (including phenoxy) is 1. The predicted octanol–water partition coefficient (Wildman–Crippen LogP) is 7.74. The van der Waals surface area contributed by atoms with Gasteiger partial charge in [0.1, 0.15) is 17.3 Å². The van der Waals surface area contributed by atoms with E-state index in [2.05, 4.69) is 47.8 Å². The summed E-state index contributed by atoms with van der Waals surface area (Å²) in [7, 11) is 1.81. The molecule has 3 aliphatic heterocycles. The topological polar surface area (TPSA) is 214 Å². The lowest BCUT2D eigenvalue weighted by Gasteiger charge is -2.32. The number of nitrogens with zero attached hydrogens (tertiary/aromatic N) is 7. The highest BCUT2D eigenvalue weighted by Gasteiger charge is 2.32. The van der Waals surface area contributed by atoms with E-state index in [1.54, 1.807) is 24.0 Å². The minimum Gasteiger partial charge on any atom is -0.493 e. The molecule has 7 heterocycles. The molecule has 4 amide bonds. The molecule has 0 aliphatic carbocycles. The Morgan fingerprint density at radius 3 is 2.52 bits per heavy atom. The van der Waals surface area contributed by atoms with E-state index in [1.165, 1.54) is 11.3 Å². The van der Waals surface area contributed by atoms with Crippen LogP contribution in [0.2, 0.25) is 0 Å². The largest absolute Gasteiger partial charge is 0.493 e. The Balaban J connectivity index is 0.703. The van der Waals surface area contributed by atoms with E-state index in [1.807, 2.05) is 84.6 Å². The molecule has 10 rings (SSSR count). The van der Waals surface area contributed by atoms with Crippen LogP contribution in [0, 0.1) is 18.8 Å². The van der Waals surface area contributed by atoms with Crippen molar-refractivity contribution >= 4 is 78.7 Å². The molecule has 0 spiro atoms. The van der Waals surface area contributed by atoms with E-state index < -0.39 is 11.9 Å². The lowest BCUT2D eigenvalue weighted by Crippen LogP contribution is -2.39. The number of hydrogen-bond donors (Lipinski definition) is 4. The van der Waals surface area contributed by atoms with Gasteiger partial charge in [-0.3, -0.25) is 44.4 Å². The molecule has 2 fully saturated rings. The number of pyridine rings is 2. The SMILES string of the molecule is Cc1cc(OC[C@H](C)CC2CCN(CC(=O)Nc3ccc4c(C5CCC(=O)NC5=O)nn(C)c4c3)CC2)ccc1-c1ccc(N2CCc3ccnc(C(=O)Nc4nc5ccccc5s4)c3C2)nc1C(=O)O. The number of carboxylic acid groups (broad SMARTS) is 1. The van der Waals surface area contributed by atoms with Gasteiger partial charge < -0.3 is 20.1 Å². The van der Waals surface area contributed by atoms with Crippen LogP contribution in [-0.2, 0) is 34.4 Å². The van der Waals surface area contributed by atoms with Gasteiger partial charge in [0.05, 0.1) is 40.5 Å². The third-order valence-corrected chi connectivity index (χ3v) is 14.8. The fourth-order valence-corrected chi connectivity index (χ4v) is 11.1. The van der Waals surface area contributed by atoms with E-state index in [9.17, 15) is 29.1 Å². The lowest BCUT2D eigenvalue weighted by atomic mass is 9.88. The number of fused-ring (bicyclic) bond motifs is 3. The summed E-state index contributed by atoms with van der Waals surface area (Å²) in [5, 5.41) is 24.7. The van der Waals surface area contributed by atoms with Crippen molar-refractivity contribution in [3.8, 4) is 16.9 Å². The number of thiazole rings is 1. The first-order valence-corrected chi connectivity index (χ1v) is 24.8. The van der Waals surface area contributed by atoms with Crippen molar-refractivity contribution in [2.45, 2.75) is 64.8 Å². The summed E-state index contributed by atoms with van der Waals surface area (Å²) in [5.74, 6) is -0.644. The van der Waals surface area contributed by atoms with Crippen molar-refractivity contribution in [2.75, 3.05) is 48.3 Å². The van der Waals surface area contributed by atoms with E-state index >= 15 is 0 Å². The number of amides is 4. The minimum absolute atomic E-state index is 0.0588. The number of imide groups is 1. The van der Waals surface area contributed by atoms with Crippen LogP contribution in [0.5, 0.6) is 5.75 Å². The predicted molar refractivity (Wildman–Crippen MR) is 271 cm³/mol. The Kier molecular flexibility index (Phi) is 13.3. The van der Waals surface area contributed by atoms with Gasteiger partial charge in [-0.05, 0) is 141 Å². The molecule has 18 heteroatoms. The molecular weight excluding hydrogens is 921 g/mol. The molecule has 364 valence electrons. The zero-order chi connectivity index (χ0) is 49.3. The number of aromatic nitrogens is 5. The molecule has 1 unspecified atom stereocenters. The van der Waals surface area contributed by atoms with Crippen LogP contribution in [-0.4, -0.2) is 97.1 Å². The van der Waals surface area contributed by atoms with Gasteiger partial charge >= 0.3 is 5.97 Å². The highest BCUT2D eigenvalue weighted by Crippen LogP contribution is 2.35. The zero-order valence-electron chi connectivity index (χ0n) is 39.7. The molecule has 17 nitrogen and oxygen atoms in total. The number of aryl methyl sites for hydroxylation is 2. The molecule has 4 aromatic heterocycles. The van der Waals surface area contributed by atoms with E-state index in [4.69, 9.17) is 4.74 Å². The number of nitrogens with one attached hydrogen (secondary N) is 3. The molecular formula is C53H54N10O7S. The molecule has 4 N–H and O–H groups in total. The zero-order valence-corrected chi connectivity index (χ0v) is 40.6. The van der Waals surface area contributed by atoms with Gasteiger partial charge in [-0.25, -0.2) is 14.8 Å². The Morgan fingerprint density at radius 2 is 1.73 bits per heavy atom. The van der Waals surface area contributed by atoms with Gasteiger partial charge in [-0.15, -0.1) is 0 Å². The number of rotatable bonds is 14. The monoisotopic (exact) mass is 974 g/mol. The van der Waals surface area contributed by atoms with Crippen LogP contribution in [0.3, 0.4) is 0 Å². The van der Waals surface area contributed by atoms with Crippen LogP contribution in [0.1, 0.15) is 88.3 Å². The maximum Gasteiger partial charge on any atom is 0.355 e. The minimum atomic E-state index is -1.14. The number of likely N-dealkylation sites (tertiary alicyclic amines) is 1. The van der Waals surface area contributed by atoms with Gasteiger partial charge in [0.15, 0.2) is 10.8 Å². The van der Waals surface area contributed by atoms with Crippen molar-refractivity contribution in [2.24, 2.45) is 18.9 Å². The number of carbonyl (C=O) groups is 5. The Labute approximate surface area is 413 Å². The van der Waals surface area contributed by atoms with E-state index in [-0.39, 0.29) is 35.7 Å². The molecule has 2 saturated heterocycles. The quantitative estimate of drug-likeness (QED) is 0.0769. The number of anilines is 3. The van der Waals surface area contributed by atoms with Crippen molar-refractivity contribution < 1.29 is 33.8 Å². The average molecular weight is 975 g/mol. The van der Waals surface area contributed by atoms with Crippen molar-refractivity contribution in [3.05, 3.63) is 119 Å². The summed E-state index contributed by atoms with van der Waals surface area (Å²) in [4.78, 5) is 81.5. The van der Waals surface area contributed by atoms with Crippen LogP contribution >= 0.6 is 11.3 Å². The summed E-state index contributed by atoms with van der Waals surface area (Å²) in [5.41, 5.74) is 7.04. The Hall–Kier alpha value is -7.57. The van der Waals surface area contributed by atoms with Gasteiger partial charge in [0.2, 0.25) is 17.7 Å². The van der Waals surface area contributed by atoms with Crippen molar-refractivity contribution in [1.29, 1.82) is 0 Å². The van der Waals surface area contributed by atoms with Crippen LogP contribution in [0.4, 0.5) is 16.6 Å². The highest BCUT2D eigenvalue weighted by molar-refractivity contribution is 7.22. The molecule has 71 heavy (non-hydrogen) atoms. The van der Waals surface area contributed by atoms with E-state index in [0.29, 0.717) is 90.3 Å². The van der Waals surface area contributed by atoms with Gasteiger partial charge in [0.25, 0.3) is 5.91 Å². The molecule has 0 saturated carbocycles. The number of hydrogen-bond acceptors (Lipinski definition) is 13. The normalized spacial score (nSPS) is 16.9. The second kappa shape index (κ2) is 20.0. The molecule has 0 bridgehead atoms. The Bertz CT molecular complexity index is 3200. The fraction of sp³-hybridized carbons (Fsp3) is 0.340. The third-order valence-electron chi connectivity index (χ3n) is 13.9. The van der Waals surface area contributed by atoms with Gasteiger partial charge in [-0.2, -0.15) is 5.10 Å². The lowest BCUT2D eigenvalue weighted by molar-refractivity contribution is -0.134. The van der Waals surface area contributed by atoms with Crippen LogP contribution in [0.25, 0.3) is 32.2 Å². The molecule has 7 aromatic rings. The molecule has 2 atom stereocenters. The van der Waals surface area contributed by atoms with Crippen molar-refractivity contribution in [3.63, 3.8) is 0 Å². The molecule has 0 radical (unpaired) electrons. The summed E-state index contributed by atoms with van der Waals surface area (Å²) in [6, 6.07) is 24.5. The van der Waals surface area contributed by atoms with Crippen LogP contribution < -0.4 is 25.6 Å². The number of aromatic carboxylic acids is 1. The van der Waals surface area contributed by atoms with Crippen molar-refractivity contribution in [1.82, 2.24) is 34.9 Å². The first kappa shape index (κ1) is 47.1. The van der Waals surface area contributed by atoms with Crippen LogP contribution in [0.15, 0.2) is 85.1 Å². The number of piperidine rings is 2. The smallest absolute Gasteiger partial charge is 0.355 e. The summed E-state index contributed by atoms with van der Waals surface area (Å²) in [6.45, 7) is 7.54. The van der Waals surface area contributed by atoms with Gasteiger partial charge in [0, 0.05) is 55.0 Å².